The highest BCUT2D eigenvalue weighted by Gasteiger charge is 2.57. The zero-order valence-electron chi connectivity index (χ0n) is 13.7. The molecule has 0 bridgehead atoms. The van der Waals surface area contributed by atoms with Gasteiger partial charge in [-0.1, -0.05) is 0 Å². The number of allylic oxidation sites excluding steroid dienone is 2. The van der Waals surface area contributed by atoms with E-state index in [2.05, 4.69) is 14.2 Å². The largest absolute Gasteiger partial charge is 0.573 e. The number of halogens is 3. The van der Waals surface area contributed by atoms with Gasteiger partial charge in [-0.15, -0.1) is 13.2 Å². The van der Waals surface area contributed by atoms with Crippen molar-refractivity contribution >= 4 is 23.9 Å². The summed E-state index contributed by atoms with van der Waals surface area (Å²) in [6.45, 7) is 0. The molecule has 1 saturated carbocycles. The standard InChI is InChI=1S/C17H13F3O7/c18-17(19,20)27-6-1-2-7-8(10-5-12(21)25-14(10)22)4-11-13(9(7)3-6)16(24)26-15(11)23/h1,3,7-8,10-11,13H,2,4-5H2. The van der Waals surface area contributed by atoms with Crippen molar-refractivity contribution in [3.8, 4) is 0 Å². The number of hydrogen-bond donors (Lipinski definition) is 0. The molecule has 2 aliphatic heterocycles. The van der Waals surface area contributed by atoms with Crippen molar-refractivity contribution < 1.29 is 46.6 Å². The van der Waals surface area contributed by atoms with E-state index in [4.69, 9.17) is 0 Å². The minimum atomic E-state index is -4.91. The van der Waals surface area contributed by atoms with Crippen LogP contribution in [-0.4, -0.2) is 30.2 Å². The highest BCUT2D eigenvalue weighted by Crippen LogP contribution is 2.53. The van der Waals surface area contributed by atoms with Crippen LogP contribution in [0.15, 0.2) is 23.5 Å². The van der Waals surface area contributed by atoms with E-state index in [1.54, 1.807) is 0 Å². The SMILES string of the molecule is O=C1CC(C2CC3C(=O)OC(=O)C3C3=CC(OC(F)(F)F)=CCC32)C(=O)O1. The van der Waals surface area contributed by atoms with Crippen LogP contribution in [0.3, 0.4) is 0 Å². The fraction of sp³-hybridized carbons (Fsp3) is 0.529. The van der Waals surface area contributed by atoms with Gasteiger partial charge in [-0.25, -0.2) is 0 Å². The second kappa shape index (κ2) is 5.93. The van der Waals surface area contributed by atoms with Gasteiger partial charge in [0.05, 0.1) is 24.2 Å². The zero-order valence-corrected chi connectivity index (χ0v) is 13.7. The molecule has 5 unspecified atom stereocenters. The van der Waals surface area contributed by atoms with E-state index in [1.807, 2.05) is 0 Å². The van der Waals surface area contributed by atoms with Crippen molar-refractivity contribution in [1.82, 2.24) is 0 Å². The van der Waals surface area contributed by atoms with Crippen molar-refractivity contribution in [3.05, 3.63) is 23.5 Å². The van der Waals surface area contributed by atoms with Crippen molar-refractivity contribution in [2.75, 3.05) is 0 Å². The molecular formula is C17H13F3O7. The molecule has 2 aliphatic carbocycles. The van der Waals surface area contributed by atoms with Gasteiger partial charge in [0.1, 0.15) is 5.76 Å². The average Bonchev–Trinajstić information content (AvgIpc) is 3.03. The molecule has 2 saturated heterocycles. The molecule has 0 amide bonds. The maximum absolute atomic E-state index is 12.6. The second-order valence-corrected chi connectivity index (χ2v) is 6.97. The summed E-state index contributed by atoms with van der Waals surface area (Å²) in [7, 11) is 0. The monoisotopic (exact) mass is 386 g/mol. The normalized spacial score (nSPS) is 35.7. The predicted molar refractivity (Wildman–Crippen MR) is 76.8 cm³/mol. The summed E-state index contributed by atoms with van der Waals surface area (Å²) >= 11 is 0. The van der Waals surface area contributed by atoms with Gasteiger partial charge in [0.2, 0.25) is 0 Å². The number of cyclic esters (lactones) is 4. The van der Waals surface area contributed by atoms with Gasteiger partial charge < -0.3 is 14.2 Å². The van der Waals surface area contributed by atoms with E-state index < -0.39 is 65.6 Å². The van der Waals surface area contributed by atoms with Crippen molar-refractivity contribution in [1.29, 1.82) is 0 Å². The van der Waals surface area contributed by atoms with Gasteiger partial charge in [-0.05, 0) is 42.4 Å². The fourth-order valence-corrected chi connectivity index (χ4v) is 4.52. The van der Waals surface area contributed by atoms with E-state index in [-0.39, 0.29) is 24.8 Å². The zero-order chi connectivity index (χ0) is 19.5. The Morgan fingerprint density at radius 2 is 1.67 bits per heavy atom. The van der Waals surface area contributed by atoms with Crippen LogP contribution < -0.4 is 0 Å². The number of fused-ring (bicyclic) bond motifs is 3. The van der Waals surface area contributed by atoms with E-state index >= 15 is 0 Å². The van der Waals surface area contributed by atoms with Crippen LogP contribution >= 0.6 is 0 Å². The minimum absolute atomic E-state index is 0.0740. The Morgan fingerprint density at radius 3 is 2.30 bits per heavy atom. The number of hydrogen-bond acceptors (Lipinski definition) is 7. The van der Waals surface area contributed by atoms with Crippen molar-refractivity contribution in [2.45, 2.75) is 25.6 Å². The summed E-state index contributed by atoms with van der Waals surface area (Å²) in [5.41, 5.74) is 0.265. The lowest BCUT2D eigenvalue weighted by molar-refractivity contribution is -0.303. The molecule has 0 radical (unpaired) electrons. The first kappa shape index (κ1) is 17.7. The van der Waals surface area contributed by atoms with Crippen molar-refractivity contribution in [2.24, 2.45) is 29.6 Å². The van der Waals surface area contributed by atoms with Crippen LogP contribution in [0, 0.1) is 29.6 Å². The lowest BCUT2D eigenvalue weighted by atomic mass is 9.60. The Kier molecular flexibility index (Phi) is 3.90. The fourth-order valence-electron chi connectivity index (χ4n) is 4.52. The van der Waals surface area contributed by atoms with Gasteiger partial charge in [0.25, 0.3) is 0 Å². The van der Waals surface area contributed by atoms with E-state index in [9.17, 15) is 32.3 Å². The van der Waals surface area contributed by atoms with Gasteiger partial charge >= 0.3 is 30.2 Å². The summed E-state index contributed by atoms with van der Waals surface area (Å²) in [6.07, 6.45) is -2.56. The molecule has 0 aromatic rings. The van der Waals surface area contributed by atoms with Crippen LogP contribution in [0.25, 0.3) is 0 Å². The van der Waals surface area contributed by atoms with Crippen LogP contribution in [-0.2, 0) is 33.4 Å². The summed E-state index contributed by atoms with van der Waals surface area (Å²) in [5, 5.41) is 0. The predicted octanol–water partition coefficient (Wildman–Crippen LogP) is 1.78. The smallest absolute Gasteiger partial charge is 0.406 e. The summed E-state index contributed by atoms with van der Waals surface area (Å²) in [5.74, 6) is -7.23. The van der Waals surface area contributed by atoms with Crippen LogP contribution in [0.1, 0.15) is 19.3 Å². The van der Waals surface area contributed by atoms with Gasteiger partial charge in [0, 0.05) is 0 Å². The lowest BCUT2D eigenvalue weighted by Crippen LogP contribution is -2.41. The second-order valence-electron chi connectivity index (χ2n) is 6.97. The number of alkyl halides is 3. The lowest BCUT2D eigenvalue weighted by Gasteiger charge is -2.41. The van der Waals surface area contributed by atoms with E-state index in [0.29, 0.717) is 0 Å². The molecule has 27 heavy (non-hydrogen) atoms. The quantitative estimate of drug-likeness (QED) is 0.527. The molecule has 144 valence electrons. The number of esters is 4. The number of carbonyl (C=O) groups is 4. The molecule has 10 heteroatoms. The highest BCUT2D eigenvalue weighted by molar-refractivity contribution is 5.99. The van der Waals surface area contributed by atoms with Crippen LogP contribution in [0.5, 0.6) is 0 Å². The first-order valence-corrected chi connectivity index (χ1v) is 8.31. The maximum atomic E-state index is 12.6. The third-order valence-electron chi connectivity index (χ3n) is 5.53. The van der Waals surface area contributed by atoms with Crippen LogP contribution in [0.4, 0.5) is 13.2 Å². The number of carbonyl (C=O) groups excluding carboxylic acids is 4. The molecule has 2 heterocycles. The van der Waals surface area contributed by atoms with E-state index in [0.717, 1.165) is 6.08 Å². The Labute approximate surface area is 150 Å². The summed E-state index contributed by atoms with van der Waals surface area (Å²) in [4.78, 5) is 47.6. The van der Waals surface area contributed by atoms with Gasteiger partial charge in [0.15, 0.2) is 0 Å². The van der Waals surface area contributed by atoms with Gasteiger partial charge in [-0.3, -0.25) is 19.2 Å². The maximum Gasteiger partial charge on any atom is 0.573 e. The summed E-state index contributed by atoms with van der Waals surface area (Å²) in [6, 6.07) is 0. The molecule has 7 nitrogen and oxygen atoms in total. The third kappa shape index (κ3) is 3.02. The van der Waals surface area contributed by atoms with Crippen molar-refractivity contribution in [3.63, 3.8) is 0 Å². The molecule has 5 atom stereocenters. The molecule has 0 spiro atoms. The topological polar surface area (TPSA) is 96.0 Å². The molecule has 0 aromatic carbocycles. The molecule has 4 rings (SSSR count). The highest BCUT2D eigenvalue weighted by atomic mass is 19.4. The average molecular weight is 386 g/mol. The first-order valence-electron chi connectivity index (χ1n) is 8.31. The molecular weight excluding hydrogens is 373 g/mol. The Morgan fingerprint density at radius 1 is 0.963 bits per heavy atom. The molecule has 0 aromatic heterocycles. The van der Waals surface area contributed by atoms with Gasteiger partial charge in [-0.2, -0.15) is 0 Å². The first-order chi connectivity index (χ1) is 12.6. The molecule has 4 aliphatic rings. The Bertz CT molecular complexity index is 810. The molecule has 3 fully saturated rings. The summed E-state index contributed by atoms with van der Waals surface area (Å²) < 4.78 is 50.8. The van der Waals surface area contributed by atoms with E-state index in [1.165, 1.54) is 6.08 Å². The Hall–Kier alpha value is -2.65. The molecule has 0 N–H and O–H groups in total. The number of rotatable bonds is 2. The number of ether oxygens (including phenoxy) is 3. The van der Waals surface area contributed by atoms with Crippen LogP contribution in [0.2, 0.25) is 0 Å². The third-order valence-corrected chi connectivity index (χ3v) is 5.53. The minimum Gasteiger partial charge on any atom is -0.406 e. The Balaban J connectivity index is 1.70.